The summed E-state index contributed by atoms with van der Waals surface area (Å²) in [4.78, 5) is 28.4. The number of rotatable bonds is 4. The van der Waals surface area contributed by atoms with Gasteiger partial charge in [0.15, 0.2) is 0 Å². The molecular weight excluding hydrogens is 373 g/mol. The SMILES string of the molecule is CC(=O)NC1CCNC(N[C@@H](C)c2cc3cc(Cl)cc(F)c3[nH]c2=O)N1C. The van der Waals surface area contributed by atoms with Crippen molar-refractivity contribution < 1.29 is 9.18 Å². The van der Waals surface area contributed by atoms with Crippen LogP contribution < -0.4 is 21.5 Å². The second kappa shape index (κ2) is 7.93. The number of pyridine rings is 1. The van der Waals surface area contributed by atoms with Gasteiger partial charge in [0, 0.05) is 35.5 Å². The fourth-order valence-electron chi connectivity index (χ4n) is 3.38. The molecule has 1 aliphatic rings. The van der Waals surface area contributed by atoms with Gasteiger partial charge in [-0.1, -0.05) is 11.6 Å². The van der Waals surface area contributed by atoms with Crippen molar-refractivity contribution in [1.82, 2.24) is 25.8 Å². The lowest BCUT2D eigenvalue weighted by molar-refractivity contribution is -0.121. The van der Waals surface area contributed by atoms with Gasteiger partial charge in [-0.05, 0) is 38.6 Å². The van der Waals surface area contributed by atoms with Crippen LogP contribution >= 0.6 is 11.6 Å². The van der Waals surface area contributed by atoms with Gasteiger partial charge in [-0.2, -0.15) is 0 Å². The third-order valence-electron chi connectivity index (χ3n) is 4.80. The number of benzene rings is 1. The van der Waals surface area contributed by atoms with E-state index in [0.29, 0.717) is 17.5 Å². The Kier molecular flexibility index (Phi) is 5.81. The van der Waals surface area contributed by atoms with Gasteiger partial charge in [0.2, 0.25) is 5.91 Å². The van der Waals surface area contributed by atoms with Crippen molar-refractivity contribution in [3.8, 4) is 0 Å². The molecule has 3 atom stereocenters. The quantitative estimate of drug-likeness (QED) is 0.632. The zero-order valence-corrected chi connectivity index (χ0v) is 16.2. The van der Waals surface area contributed by atoms with E-state index < -0.39 is 5.82 Å². The number of carbonyl (C=O) groups excluding carboxylic acids is 1. The maximum absolute atomic E-state index is 14.0. The first-order valence-electron chi connectivity index (χ1n) is 8.76. The molecule has 2 unspecified atom stereocenters. The highest BCUT2D eigenvalue weighted by Crippen LogP contribution is 2.23. The number of aromatic nitrogens is 1. The summed E-state index contributed by atoms with van der Waals surface area (Å²) < 4.78 is 14.0. The number of amides is 1. The molecule has 0 saturated carbocycles. The van der Waals surface area contributed by atoms with Crippen molar-refractivity contribution in [3.63, 3.8) is 0 Å². The third kappa shape index (κ3) is 4.30. The van der Waals surface area contributed by atoms with E-state index in [2.05, 4.69) is 20.9 Å². The summed E-state index contributed by atoms with van der Waals surface area (Å²) in [5.74, 6) is -0.654. The van der Waals surface area contributed by atoms with Crippen LogP contribution in [0.4, 0.5) is 4.39 Å². The Balaban J connectivity index is 1.83. The zero-order valence-electron chi connectivity index (χ0n) is 15.4. The molecule has 2 aromatic rings. The molecule has 1 amide bonds. The molecule has 0 aliphatic carbocycles. The molecule has 9 heteroatoms. The van der Waals surface area contributed by atoms with Gasteiger partial charge >= 0.3 is 0 Å². The lowest BCUT2D eigenvalue weighted by Gasteiger charge is -2.41. The van der Waals surface area contributed by atoms with E-state index in [-0.39, 0.29) is 40.5 Å². The Bertz CT molecular complexity index is 918. The van der Waals surface area contributed by atoms with Gasteiger partial charge in [0.05, 0.1) is 11.7 Å². The number of hydrogen-bond donors (Lipinski definition) is 4. The van der Waals surface area contributed by atoms with Crippen molar-refractivity contribution in [1.29, 1.82) is 0 Å². The van der Waals surface area contributed by atoms with Gasteiger partial charge in [-0.3, -0.25) is 25.1 Å². The highest BCUT2D eigenvalue weighted by atomic mass is 35.5. The molecule has 1 aromatic carbocycles. The van der Waals surface area contributed by atoms with Crippen LogP contribution in [0.3, 0.4) is 0 Å². The van der Waals surface area contributed by atoms with Crippen molar-refractivity contribution in [3.05, 3.63) is 45.0 Å². The highest BCUT2D eigenvalue weighted by Gasteiger charge is 2.29. The largest absolute Gasteiger partial charge is 0.341 e. The summed E-state index contributed by atoms with van der Waals surface area (Å²) in [5.41, 5.74) is 0.251. The summed E-state index contributed by atoms with van der Waals surface area (Å²) >= 11 is 5.93. The van der Waals surface area contributed by atoms with Crippen molar-refractivity contribution in [2.45, 2.75) is 38.8 Å². The van der Waals surface area contributed by atoms with Crippen LogP contribution in [0.2, 0.25) is 5.02 Å². The number of aromatic amines is 1. The van der Waals surface area contributed by atoms with Gasteiger partial charge < -0.3 is 10.3 Å². The third-order valence-corrected chi connectivity index (χ3v) is 5.01. The predicted octanol–water partition coefficient (Wildman–Crippen LogP) is 1.64. The molecular formula is C18H23ClFN5O2. The topological polar surface area (TPSA) is 89.3 Å². The molecule has 4 N–H and O–H groups in total. The lowest BCUT2D eigenvalue weighted by Crippen LogP contribution is -2.65. The second-order valence-electron chi connectivity index (χ2n) is 6.82. The molecule has 27 heavy (non-hydrogen) atoms. The molecule has 1 aliphatic heterocycles. The Hall–Kier alpha value is -2.00. The van der Waals surface area contributed by atoms with E-state index in [0.717, 1.165) is 6.42 Å². The first-order valence-corrected chi connectivity index (χ1v) is 9.14. The van der Waals surface area contributed by atoms with E-state index >= 15 is 0 Å². The Morgan fingerprint density at radius 3 is 2.85 bits per heavy atom. The van der Waals surface area contributed by atoms with E-state index in [1.165, 1.54) is 13.0 Å². The average molecular weight is 396 g/mol. The molecule has 7 nitrogen and oxygen atoms in total. The molecule has 1 aromatic heterocycles. The summed E-state index contributed by atoms with van der Waals surface area (Å²) in [6.45, 7) is 4.06. The Morgan fingerprint density at radius 1 is 1.41 bits per heavy atom. The summed E-state index contributed by atoms with van der Waals surface area (Å²) in [7, 11) is 1.89. The first kappa shape index (κ1) is 19.8. The number of H-pyrrole nitrogens is 1. The number of fused-ring (bicyclic) bond motifs is 1. The standard InChI is InChI=1S/C18H23ClFN5O2/c1-9(22-18-21-5-4-15(25(18)3)23-10(2)26)13-7-11-6-12(19)8-14(20)16(11)24-17(13)27/h6-9,15,18,21-22H,4-5H2,1-3H3,(H,23,26)(H,24,27)/t9-,15?,18?/m0/s1. The molecule has 146 valence electrons. The minimum atomic E-state index is -0.561. The molecule has 0 spiro atoms. The summed E-state index contributed by atoms with van der Waals surface area (Å²) in [6, 6.07) is 4.11. The molecule has 2 heterocycles. The fraction of sp³-hybridized carbons (Fsp3) is 0.444. The second-order valence-corrected chi connectivity index (χ2v) is 7.26. The summed E-state index contributed by atoms with van der Waals surface area (Å²) in [6.07, 6.45) is 0.435. The smallest absolute Gasteiger partial charge is 0.253 e. The Labute approximate surface area is 161 Å². The van der Waals surface area contributed by atoms with Crippen LogP contribution in [0, 0.1) is 5.82 Å². The highest BCUT2D eigenvalue weighted by molar-refractivity contribution is 6.31. The minimum Gasteiger partial charge on any atom is -0.341 e. The van der Waals surface area contributed by atoms with Gasteiger partial charge in [-0.15, -0.1) is 0 Å². The molecule has 0 radical (unpaired) electrons. The van der Waals surface area contributed by atoms with E-state index in [1.54, 1.807) is 12.1 Å². The fourth-order valence-corrected chi connectivity index (χ4v) is 3.59. The molecule has 3 rings (SSSR count). The number of nitrogens with one attached hydrogen (secondary N) is 4. The monoisotopic (exact) mass is 395 g/mol. The molecule has 1 fully saturated rings. The minimum absolute atomic E-state index is 0.0922. The van der Waals surface area contributed by atoms with Crippen LogP contribution in [0.5, 0.6) is 0 Å². The van der Waals surface area contributed by atoms with Gasteiger partial charge in [-0.25, -0.2) is 4.39 Å². The average Bonchev–Trinajstić information content (AvgIpc) is 2.58. The number of nitrogens with zero attached hydrogens (tertiary/aromatic N) is 1. The van der Waals surface area contributed by atoms with Gasteiger partial charge in [0.25, 0.3) is 5.56 Å². The maximum Gasteiger partial charge on any atom is 0.253 e. The lowest BCUT2D eigenvalue weighted by atomic mass is 10.1. The van der Waals surface area contributed by atoms with Gasteiger partial charge in [0.1, 0.15) is 12.1 Å². The molecule has 0 bridgehead atoms. The van der Waals surface area contributed by atoms with Crippen LogP contribution in [0.25, 0.3) is 10.9 Å². The Morgan fingerprint density at radius 2 is 2.15 bits per heavy atom. The van der Waals surface area contributed by atoms with Crippen LogP contribution in [-0.4, -0.2) is 41.8 Å². The normalized spacial score (nSPS) is 22.0. The number of carbonyl (C=O) groups is 1. The van der Waals surface area contributed by atoms with Crippen LogP contribution in [0.15, 0.2) is 23.0 Å². The van der Waals surface area contributed by atoms with E-state index in [4.69, 9.17) is 11.6 Å². The maximum atomic E-state index is 14.0. The van der Waals surface area contributed by atoms with E-state index in [9.17, 15) is 14.0 Å². The van der Waals surface area contributed by atoms with Crippen molar-refractivity contribution in [2.75, 3.05) is 13.6 Å². The summed E-state index contributed by atoms with van der Waals surface area (Å²) in [5, 5.41) is 10.4. The van der Waals surface area contributed by atoms with Crippen molar-refractivity contribution in [2.24, 2.45) is 0 Å². The van der Waals surface area contributed by atoms with E-state index in [1.807, 2.05) is 18.9 Å². The van der Waals surface area contributed by atoms with Crippen LogP contribution in [-0.2, 0) is 4.79 Å². The van der Waals surface area contributed by atoms with Crippen LogP contribution in [0.1, 0.15) is 31.9 Å². The predicted molar refractivity (Wildman–Crippen MR) is 103 cm³/mol. The number of halogens is 2. The molecule has 1 saturated heterocycles. The first-order chi connectivity index (χ1) is 12.8. The van der Waals surface area contributed by atoms with Crippen molar-refractivity contribution >= 4 is 28.4 Å². The zero-order chi connectivity index (χ0) is 19.7. The number of hydrogen-bond acceptors (Lipinski definition) is 5.